The number of benzene rings is 1. The van der Waals surface area contributed by atoms with Crippen LogP contribution in [-0.4, -0.2) is 40.8 Å². The summed E-state index contributed by atoms with van der Waals surface area (Å²) in [5.74, 6) is 1.90. The van der Waals surface area contributed by atoms with E-state index in [1.165, 1.54) is 24.8 Å². The number of aromatic nitrogens is 2. The zero-order valence-electron chi connectivity index (χ0n) is 14.7. The van der Waals surface area contributed by atoms with Crippen LogP contribution in [0.15, 0.2) is 47.7 Å². The van der Waals surface area contributed by atoms with Crippen LogP contribution in [-0.2, 0) is 6.54 Å². The molecule has 0 saturated heterocycles. The third kappa shape index (κ3) is 4.60. The lowest BCUT2D eigenvalue weighted by Gasteiger charge is -2.21. The molecule has 24 heavy (non-hydrogen) atoms. The zero-order valence-corrected chi connectivity index (χ0v) is 14.7. The van der Waals surface area contributed by atoms with Gasteiger partial charge >= 0.3 is 0 Å². The minimum atomic E-state index is 0.794. The summed E-state index contributed by atoms with van der Waals surface area (Å²) in [5, 5.41) is 7.85. The normalized spacial score (nSPS) is 14.7. The van der Waals surface area contributed by atoms with Gasteiger partial charge in [0.1, 0.15) is 0 Å². The minimum absolute atomic E-state index is 0.794. The molecule has 0 aliphatic heterocycles. The largest absolute Gasteiger partial charge is 0.357 e. The quantitative estimate of drug-likeness (QED) is 0.628. The molecule has 0 bridgehead atoms. The van der Waals surface area contributed by atoms with Gasteiger partial charge in [-0.3, -0.25) is 4.99 Å². The molecule has 1 aromatic carbocycles. The zero-order chi connectivity index (χ0) is 16.8. The van der Waals surface area contributed by atoms with Crippen LogP contribution in [0.4, 0.5) is 0 Å². The molecule has 1 aromatic heterocycles. The second-order valence-electron chi connectivity index (χ2n) is 6.45. The standard InChI is InChI=1S/C19H27N5/c1-3-20-19(21-12-11-16-9-10-16)23(2)14-17-13-22-24(15-17)18-7-5-4-6-8-18/h4-8,13,15-16H,3,9-12,14H2,1-2H3,(H,20,21). The van der Waals surface area contributed by atoms with E-state index in [1.807, 2.05) is 29.1 Å². The van der Waals surface area contributed by atoms with Crippen LogP contribution in [0.5, 0.6) is 0 Å². The summed E-state index contributed by atoms with van der Waals surface area (Å²) in [7, 11) is 2.08. The van der Waals surface area contributed by atoms with Crippen molar-refractivity contribution in [2.45, 2.75) is 32.7 Å². The summed E-state index contributed by atoms with van der Waals surface area (Å²) in [5.41, 5.74) is 2.26. The molecule has 1 fully saturated rings. The fourth-order valence-electron chi connectivity index (χ4n) is 2.74. The molecule has 5 nitrogen and oxygen atoms in total. The predicted octanol–water partition coefficient (Wildman–Crippen LogP) is 3.07. The smallest absolute Gasteiger partial charge is 0.193 e. The number of para-hydroxylation sites is 1. The summed E-state index contributed by atoms with van der Waals surface area (Å²) in [4.78, 5) is 6.93. The Morgan fingerprint density at radius 3 is 2.83 bits per heavy atom. The van der Waals surface area contributed by atoms with Crippen molar-refractivity contribution in [3.05, 3.63) is 48.3 Å². The van der Waals surface area contributed by atoms with Crippen LogP contribution in [0.25, 0.3) is 5.69 Å². The SMILES string of the molecule is CCNC(=NCCC1CC1)N(C)Cc1cnn(-c2ccccc2)c1. The molecule has 2 aromatic rings. The van der Waals surface area contributed by atoms with Gasteiger partial charge in [0.15, 0.2) is 5.96 Å². The average Bonchev–Trinajstić information content (AvgIpc) is 3.31. The summed E-state index contributed by atoms with van der Waals surface area (Å²) in [6.45, 7) is 4.70. The van der Waals surface area contributed by atoms with Crippen molar-refractivity contribution in [1.29, 1.82) is 0 Å². The van der Waals surface area contributed by atoms with Crippen molar-refractivity contribution in [1.82, 2.24) is 20.0 Å². The number of hydrogen-bond acceptors (Lipinski definition) is 2. The lowest BCUT2D eigenvalue weighted by molar-refractivity contribution is 0.476. The van der Waals surface area contributed by atoms with Crippen molar-refractivity contribution in [3.8, 4) is 5.69 Å². The van der Waals surface area contributed by atoms with Gasteiger partial charge in [0.2, 0.25) is 0 Å². The van der Waals surface area contributed by atoms with Crippen molar-refractivity contribution in [2.24, 2.45) is 10.9 Å². The number of aliphatic imine (C=N–C) groups is 1. The maximum Gasteiger partial charge on any atom is 0.193 e. The van der Waals surface area contributed by atoms with Crippen LogP contribution in [0.1, 0.15) is 31.7 Å². The second kappa shape index (κ2) is 7.99. The molecule has 0 radical (unpaired) electrons. The Morgan fingerprint density at radius 2 is 2.12 bits per heavy atom. The highest BCUT2D eigenvalue weighted by Gasteiger charge is 2.20. The van der Waals surface area contributed by atoms with E-state index in [0.29, 0.717) is 0 Å². The molecule has 1 saturated carbocycles. The van der Waals surface area contributed by atoms with E-state index in [1.54, 1.807) is 0 Å². The molecule has 0 atom stereocenters. The summed E-state index contributed by atoms with van der Waals surface area (Å²) < 4.78 is 1.92. The Labute approximate surface area is 144 Å². The number of rotatable bonds is 7. The third-order valence-electron chi connectivity index (χ3n) is 4.27. The van der Waals surface area contributed by atoms with Crippen molar-refractivity contribution < 1.29 is 0 Å². The first-order valence-corrected chi connectivity index (χ1v) is 8.84. The van der Waals surface area contributed by atoms with Gasteiger partial charge in [-0.25, -0.2) is 4.68 Å². The van der Waals surface area contributed by atoms with Gasteiger partial charge in [0.25, 0.3) is 0 Å². The van der Waals surface area contributed by atoms with E-state index in [-0.39, 0.29) is 0 Å². The van der Waals surface area contributed by atoms with Crippen molar-refractivity contribution in [3.63, 3.8) is 0 Å². The Kier molecular flexibility index (Phi) is 5.51. The fourth-order valence-corrected chi connectivity index (χ4v) is 2.74. The lowest BCUT2D eigenvalue weighted by atomic mass is 10.3. The first-order chi connectivity index (χ1) is 11.8. The van der Waals surface area contributed by atoms with Gasteiger partial charge in [-0.1, -0.05) is 31.0 Å². The maximum absolute atomic E-state index is 4.76. The molecule has 5 heteroatoms. The summed E-state index contributed by atoms with van der Waals surface area (Å²) in [6, 6.07) is 10.2. The highest BCUT2D eigenvalue weighted by atomic mass is 15.3. The van der Waals surface area contributed by atoms with Gasteiger partial charge < -0.3 is 10.2 Å². The van der Waals surface area contributed by atoms with Gasteiger partial charge in [-0.15, -0.1) is 0 Å². The third-order valence-corrected chi connectivity index (χ3v) is 4.27. The van der Waals surface area contributed by atoms with E-state index >= 15 is 0 Å². The van der Waals surface area contributed by atoms with Gasteiger partial charge in [-0.05, 0) is 31.4 Å². The maximum atomic E-state index is 4.76. The molecule has 128 valence electrons. The molecule has 1 heterocycles. The summed E-state index contributed by atoms with van der Waals surface area (Å²) >= 11 is 0. The number of guanidine groups is 1. The molecule has 1 aliphatic carbocycles. The molecule has 3 rings (SSSR count). The number of nitrogens with zero attached hydrogens (tertiary/aromatic N) is 4. The van der Waals surface area contributed by atoms with E-state index in [4.69, 9.17) is 4.99 Å². The van der Waals surface area contributed by atoms with E-state index in [0.717, 1.165) is 37.2 Å². The molecule has 1 N–H and O–H groups in total. The van der Waals surface area contributed by atoms with Gasteiger partial charge in [0.05, 0.1) is 11.9 Å². The first-order valence-electron chi connectivity index (χ1n) is 8.84. The Balaban J connectivity index is 1.61. The highest BCUT2D eigenvalue weighted by Crippen LogP contribution is 2.32. The number of nitrogens with one attached hydrogen (secondary N) is 1. The average molecular weight is 325 g/mol. The number of hydrogen-bond donors (Lipinski definition) is 1. The van der Waals surface area contributed by atoms with E-state index in [2.05, 4.69) is 47.6 Å². The molecular formula is C19H27N5. The second-order valence-corrected chi connectivity index (χ2v) is 6.45. The minimum Gasteiger partial charge on any atom is -0.357 e. The van der Waals surface area contributed by atoms with Crippen LogP contribution >= 0.6 is 0 Å². The molecule has 1 aliphatic rings. The topological polar surface area (TPSA) is 45.5 Å². The monoisotopic (exact) mass is 325 g/mol. The Bertz CT molecular complexity index is 657. The van der Waals surface area contributed by atoms with Gasteiger partial charge in [-0.2, -0.15) is 5.10 Å². The molecular weight excluding hydrogens is 298 g/mol. The highest BCUT2D eigenvalue weighted by molar-refractivity contribution is 5.79. The van der Waals surface area contributed by atoms with Crippen molar-refractivity contribution >= 4 is 5.96 Å². The van der Waals surface area contributed by atoms with Crippen LogP contribution < -0.4 is 5.32 Å². The van der Waals surface area contributed by atoms with Crippen LogP contribution in [0, 0.1) is 5.92 Å². The lowest BCUT2D eigenvalue weighted by Crippen LogP contribution is -2.38. The Morgan fingerprint density at radius 1 is 1.33 bits per heavy atom. The summed E-state index contributed by atoms with van der Waals surface area (Å²) in [6.07, 6.45) is 8.01. The Hall–Kier alpha value is -2.30. The first kappa shape index (κ1) is 16.6. The molecule has 0 spiro atoms. The van der Waals surface area contributed by atoms with E-state index < -0.39 is 0 Å². The van der Waals surface area contributed by atoms with Gasteiger partial charge in [0, 0.05) is 38.4 Å². The van der Waals surface area contributed by atoms with Crippen molar-refractivity contribution in [2.75, 3.05) is 20.1 Å². The van der Waals surface area contributed by atoms with Crippen LogP contribution in [0.2, 0.25) is 0 Å². The molecule has 0 unspecified atom stereocenters. The van der Waals surface area contributed by atoms with E-state index in [9.17, 15) is 0 Å². The fraction of sp³-hybridized carbons (Fsp3) is 0.474. The predicted molar refractivity (Wildman–Crippen MR) is 98.4 cm³/mol. The van der Waals surface area contributed by atoms with Crippen LogP contribution in [0.3, 0.4) is 0 Å². The molecule has 0 amide bonds.